The Morgan fingerprint density at radius 3 is 1.62 bits per heavy atom. The number of furan rings is 1. The third-order valence-corrected chi connectivity index (χ3v) is 13.3. The Hall–Kier alpha value is -7.94. The highest BCUT2D eigenvalue weighted by atomic mass is 16.3. The summed E-state index contributed by atoms with van der Waals surface area (Å²) in [5.41, 5.74) is 19.5. The quantitative estimate of drug-likeness (QED) is 0.173. The third kappa shape index (κ3) is 4.85. The van der Waals surface area contributed by atoms with Crippen LogP contribution in [0.4, 0.5) is 17.1 Å². The van der Waals surface area contributed by atoms with E-state index >= 15 is 0 Å². The van der Waals surface area contributed by atoms with E-state index in [1.807, 2.05) is 0 Å². The molecule has 0 unspecified atom stereocenters. The Bertz CT molecular complexity index is 3480. The van der Waals surface area contributed by atoms with Crippen molar-refractivity contribution in [1.82, 2.24) is 0 Å². The summed E-state index contributed by atoms with van der Waals surface area (Å²) >= 11 is 0. The van der Waals surface area contributed by atoms with Crippen LogP contribution in [0.1, 0.15) is 22.3 Å². The molecule has 0 saturated heterocycles. The number of benzene rings is 10. The van der Waals surface area contributed by atoms with Crippen molar-refractivity contribution in [2.45, 2.75) is 5.41 Å². The lowest BCUT2D eigenvalue weighted by Crippen LogP contribution is -2.26. The molecule has 0 fully saturated rings. The zero-order valence-electron chi connectivity index (χ0n) is 33.2. The fraction of sp³-hybridized carbons (Fsp3) is 0.0169. The van der Waals surface area contributed by atoms with Gasteiger partial charge in [0.25, 0.3) is 0 Å². The average molecular weight is 776 g/mol. The Labute approximate surface area is 354 Å². The van der Waals surface area contributed by atoms with Gasteiger partial charge in [0.05, 0.1) is 11.1 Å². The van der Waals surface area contributed by atoms with Gasteiger partial charge in [0.2, 0.25) is 0 Å². The van der Waals surface area contributed by atoms with E-state index in [1.165, 1.54) is 66.4 Å². The number of fused-ring (bicyclic) bond motifs is 14. The summed E-state index contributed by atoms with van der Waals surface area (Å²) in [4.78, 5) is 2.45. The van der Waals surface area contributed by atoms with Crippen molar-refractivity contribution < 1.29 is 4.42 Å². The van der Waals surface area contributed by atoms with Gasteiger partial charge in [0.15, 0.2) is 0 Å². The molecule has 2 aliphatic rings. The summed E-state index contributed by atoms with van der Waals surface area (Å²) in [6, 6.07) is 82.3. The van der Waals surface area contributed by atoms with Gasteiger partial charge in [-0.3, -0.25) is 0 Å². The number of hydrogen-bond acceptors (Lipinski definition) is 2. The summed E-state index contributed by atoms with van der Waals surface area (Å²) < 4.78 is 6.93. The first-order valence-corrected chi connectivity index (χ1v) is 21.1. The van der Waals surface area contributed by atoms with Crippen molar-refractivity contribution in [1.29, 1.82) is 0 Å². The van der Waals surface area contributed by atoms with E-state index in [0.29, 0.717) is 0 Å². The van der Waals surface area contributed by atoms with E-state index in [0.717, 1.165) is 50.1 Å². The minimum absolute atomic E-state index is 0.470. The van der Waals surface area contributed by atoms with Gasteiger partial charge in [-0.05, 0) is 121 Å². The van der Waals surface area contributed by atoms with E-state index in [-0.39, 0.29) is 0 Å². The first-order valence-electron chi connectivity index (χ1n) is 21.1. The van der Waals surface area contributed by atoms with E-state index in [4.69, 9.17) is 4.42 Å². The van der Waals surface area contributed by atoms with Crippen molar-refractivity contribution in [2.75, 3.05) is 4.90 Å². The predicted molar refractivity (Wildman–Crippen MR) is 253 cm³/mol. The minimum atomic E-state index is -0.470. The van der Waals surface area contributed by atoms with Gasteiger partial charge >= 0.3 is 0 Å². The van der Waals surface area contributed by atoms with Crippen molar-refractivity contribution >= 4 is 49.8 Å². The van der Waals surface area contributed by atoms with Crippen molar-refractivity contribution in [2.24, 2.45) is 0 Å². The summed E-state index contributed by atoms with van der Waals surface area (Å²) in [6.45, 7) is 0. The molecule has 10 aromatic carbocycles. The first-order chi connectivity index (χ1) is 30.3. The van der Waals surface area contributed by atoms with Crippen LogP contribution < -0.4 is 4.90 Å². The number of hydrogen-bond donors (Lipinski definition) is 0. The molecule has 0 bridgehead atoms. The van der Waals surface area contributed by atoms with Crippen LogP contribution in [-0.4, -0.2) is 0 Å². The highest BCUT2D eigenvalue weighted by Gasteiger charge is 2.51. The fourth-order valence-electron chi connectivity index (χ4n) is 10.7. The smallest absolute Gasteiger partial charge is 0.145 e. The second-order valence-corrected chi connectivity index (χ2v) is 16.4. The number of rotatable bonds is 5. The Balaban J connectivity index is 1.11. The van der Waals surface area contributed by atoms with Gasteiger partial charge in [0.1, 0.15) is 11.2 Å². The SMILES string of the molecule is c1ccc(-c2ccc(N(c3ccc4c(c3)C3(c5ccccc5-c5ccccc53)c3ccccc3-4)c3ccc4c(oc5ccccc54)c3-c3ccc4ccccc4c3)cc2)cc1. The van der Waals surface area contributed by atoms with Crippen LogP contribution in [0.3, 0.4) is 0 Å². The largest absolute Gasteiger partial charge is 0.455 e. The lowest BCUT2D eigenvalue weighted by Gasteiger charge is -2.32. The predicted octanol–water partition coefficient (Wildman–Crippen LogP) is 15.9. The number of para-hydroxylation sites is 1. The van der Waals surface area contributed by atoms with Gasteiger partial charge < -0.3 is 9.32 Å². The van der Waals surface area contributed by atoms with Crippen molar-refractivity contribution in [3.63, 3.8) is 0 Å². The normalized spacial score (nSPS) is 13.0. The topological polar surface area (TPSA) is 16.4 Å². The molecule has 1 spiro atoms. The Morgan fingerprint density at radius 1 is 0.344 bits per heavy atom. The molecule has 0 radical (unpaired) electrons. The monoisotopic (exact) mass is 775 g/mol. The van der Waals surface area contributed by atoms with Gasteiger partial charge in [-0.25, -0.2) is 0 Å². The molecule has 0 saturated carbocycles. The van der Waals surface area contributed by atoms with Gasteiger partial charge in [-0.2, -0.15) is 0 Å². The Kier molecular flexibility index (Phi) is 7.26. The molecule has 61 heavy (non-hydrogen) atoms. The minimum Gasteiger partial charge on any atom is -0.455 e. The zero-order valence-corrected chi connectivity index (χ0v) is 33.2. The molecular weight excluding hydrogens is 739 g/mol. The second kappa shape index (κ2) is 13.0. The molecule has 0 aliphatic heterocycles. The summed E-state index contributed by atoms with van der Waals surface area (Å²) in [5.74, 6) is 0. The van der Waals surface area contributed by atoms with Gasteiger partial charge in [0, 0.05) is 27.7 Å². The molecule has 0 N–H and O–H groups in total. The standard InChI is InChI=1S/C59H37NO/c1-2-14-38(15-3-1)40-28-30-43(31-29-40)60(55-35-34-50-49-21-9-13-25-56(49)61-58(50)57(55)42-27-26-39-16-4-5-17-41(39)36-42)44-32-33-48-47-20-8-12-24-53(47)59(54(48)37-44)51-22-10-6-18-45(51)46-19-7-11-23-52(46)59/h1-37H. The summed E-state index contributed by atoms with van der Waals surface area (Å²) in [6.07, 6.45) is 0. The van der Waals surface area contributed by atoms with Crippen LogP contribution in [-0.2, 0) is 5.41 Å². The number of anilines is 3. The third-order valence-electron chi connectivity index (χ3n) is 13.3. The molecule has 2 aliphatic carbocycles. The zero-order chi connectivity index (χ0) is 40.1. The lowest BCUT2D eigenvalue weighted by atomic mass is 9.70. The highest BCUT2D eigenvalue weighted by Crippen LogP contribution is 2.63. The van der Waals surface area contributed by atoms with Crippen molar-refractivity contribution in [3.8, 4) is 44.5 Å². The van der Waals surface area contributed by atoms with Crippen molar-refractivity contribution in [3.05, 3.63) is 247 Å². The van der Waals surface area contributed by atoms with E-state index < -0.39 is 5.41 Å². The number of nitrogens with zero attached hydrogens (tertiary/aromatic N) is 1. The molecule has 1 heterocycles. The second-order valence-electron chi connectivity index (χ2n) is 16.4. The molecule has 284 valence electrons. The highest BCUT2D eigenvalue weighted by molar-refractivity contribution is 6.14. The lowest BCUT2D eigenvalue weighted by molar-refractivity contribution is 0.670. The van der Waals surface area contributed by atoms with Crippen LogP contribution in [0.2, 0.25) is 0 Å². The molecule has 11 aromatic rings. The molecule has 13 rings (SSSR count). The van der Waals surface area contributed by atoms with Crippen LogP contribution in [0.5, 0.6) is 0 Å². The van der Waals surface area contributed by atoms with Crippen LogP contribution >= 0.6 is 0 Å². The van der Waals surface area contributed by atoms with Gasteiger partial charge in [-0.15, -0.1) is 0 Å². The van der Waals surface area contributed by atoms with Crippen LogP contribution in [0.15, 0.2) is 229 Å². The first kappa shape index (κ1) is 34.0. The fourth-order valence-corrected chi connectivity index (χ4v) is 10.7. The molecule has 0 amide bonds. The van der Waals surface area contributed by atoms with Crippen LogP contribution in [0.25, 0.3) is 77.2 Å². The molecule has 1 aromatic heterocycles. The van der Waals surface area contributed by atoms with E-state index in [9.17, 15) is 0 Å². The maximum atomic E-state index is 6.93. The maximum absolute atomic E-state index is 6.93. The maximum Gasteiger partial charge on any atom is 0.145 e. The molecule has 2 heteroatoms. The Morgan fingerprint density at radius 2 is 0.902 bits per heavy atom. The van der Waals surface area contributed by atoms with E-state index in [1.54, 1.807) is 0 Å². The average Bonchev–Trinajstić information content (AvgIpc) is 3.96. The van der Waals surface area contributed by atoms with Crippen LogP contribution in [0, 0.1) is 0 Å². The van der Waals surface area contributed by atoms with E-state index in [2.05, 4.69) is 229 Å². The molecule has 0 atom stereocenters. The summed E-state index contributed by atoms with van der Waals surface area (Å²) in [7, 11) is 0. The van der Waals surface area contributed by atoms with Gasteiger partial charge in [-0.1, -0.05) is 176 Å². The summed E-state index contributed by atoms with van der Waals surface area (Å²) in [5, 5.41) is 4.61. The molecular formula is C59H37NO. The molecule has 2 nitrogen and oxygen atoms in total.